The van der Waals surface area contributed by atoms with E-state index in [1.807, 2.05) is 6.92 Å². The molecule has 3 aromatic carbocycles. The van der Waals surface area contributed by atoms with Gasteiger partial charge < -0.3 is 0 Å². The maximum atomic E-state index is 14.4. The van der Waals surface area contributed by atoms with Gasteiger partial charge in [-0.05, 0) is 79.3 Å². The van der Waals surface area contributed by atoms with Crippen LogP contribution in [0.15, 0.2) is 36.4 Å². The zero-order chi connectivity index (χ0) is 22.1. The molecule has 0 aromatic heterocycles. The van der Waals surface area contributed by atoms with Crippen LogP contribution in [0.1, 0.15) is 55.2 Å². The van der Waals surface area contributed by atoms with Crippen molar-refractivity contribution in [1.29, 1.82) is 0 Å². The molecule has 0 N–H and O–H groups in total. The zero-order valence-corrected chi connectivity index (χ0v) is 17.0. The summed E-state index contributed by atoms with van der Waals surface area (Å²) in [5.41, 5.74) is 1.40. The highest BCUT2D eigenvalue weighted by Crippen LogP contribution is 2.38. The predicted octanol–water partition coefficient (Wildman–Crippen LogP) is 7.42. The van der Waals surface area contributed by atoms with E-state index in [4.69, 9.17) is 0 Å². The number of hydrogen-bond donors (Lipinski definition) is 0. The average Bonchev–Trinajstić information content (AvgIpc) is 2.76. The van der Waals surface area contributed by atoms with Crippen LogP contribution in [0.25, 0.3) is 10.8 Å². The van der Waals surface area contributed by atoms with Gasteiger partial charge in [-0.25, -0.2) is 22.0 Å². The van der Waals surface area contributed by atoms with Crippen molar-refractivity contribution in [1.82, 2.24) is 0 Å². The molecule has 0 bridgehead atoms. The van der Waals surface area contributed by atoms with Gasteiger partial charge in [0.15, 0.2) is 17.5 Å². The normalized spacial score (nSPS) is 18.6. The van der Waals surface area contributed by atoms with E-state index in [2.05, 4.69) is 11.8 Å². The lowest BCUT2D eigenvalue weighted by Crippen LogP contribution is -2.15. The third-order valence-corrected chi connectivity index (χ3v) is 6.08. The molecule has 1 fully saturated rings. The van der Waals surface area contributed by atoms with Gasteiger partial charge in [0.1, 0.15) is 11.6 Å². The topological polar surface area (TPSA) is 0 Å². The average molecular weight is 428 g/mol. The molecule has 0 nitrogen and oxygen atoms in total. The summed E-state index contributed by atoms with van der Waals surface area (Å²) in [4.78, 5) is 0. The minimum Gasteiger partial charge on any atom is -0.207 e. The van der Waals surface area contributed by atoms with E-state index in [0.717, 1.165) is 6.07 Å². The van der Waals surface area contributed by atoms with Crippen molar-refractivity contribution in [2.45, 2.75) is 44.9 Å². The minimum absolute atomic E-state index is 0.00287. The fourth-order valence-corrected chi connectivity index (χ4v) is 4.33. The first kappa shape index (κ1) is 21.4. The molecule has 160 valence electrons. The van der Waals surface area contributed by atoms with Crippen molar-refractivity contribution in [3.8, 4) is 11.8 Å². The predicted molar refractivity (Wildman–Crippen MR) is 111 cm³/mol. The van der Waals surface area contributed by atoms with Gasteiger partial charge >= 0.3 is 0 Å². The third kappa shape index (κ3) is 4.30. The third-order valence-electron chi connectivity index (χ3n) is 6.08. The van der Waals surface area contributed by atoms with Crippen LogP contribution in [-0.2, 0) is 6.42 Å². The molecule has 1 saturated carbocycles. The minimum atomic E-state index is -1.49. The largest absolute Gasteiger partial charge is 0.207 e. The fourth-order valence-electron chi connectivity index (χ4n) is 4.33. The van der Waals surface area contributed by atoms with Crippen LogP contribution in [0.4, 0.5) is 22.0 Å². The Morgan fingerprint density at radius 2 is 1.48 bits per heavy atom. The zero-order valence-electron chi connectivity index (χ0n) is 17.0. The Kier molecular flexibility index (Phi) is 6.00. The summed E-state index contributed by atoms with van der Waals surface area (Å²) in [7, 11) is 0. The maximum Gasteiger partial charge on any atom is 0.195 e. The molecule has 0 spiro atoms. The van der Waals surface area contributed by atoms with Crippen LogP contribution in [0, 0.1) is 46.8 Å². The van der Waals surface area contributed by atoms with E-state index >= 15 is 0 Å². The molecular formula is C26H21F5. The smallest absolute Gasteiger partial charge is 0.195 e. The van der Waals surface area contributed by atoms with E-state index in [9.17, 15) is 22.0 Å². The Morgan fingerprint density at radius 3 is 2.13 bits per heavy atom. The fraction of sp³-hybridized carbons (Fsp3) is 0.308. The Labute approximate surface area is 178 Å². The lowest BCUT2D eigenvalue weighted by atomic mass is 9.78. The van der Waals surface area contributed by atoms with Gasteiger partial charge in [0.05, 0.1) is 0 Å². The molecule has 0 heterocycles. The highest BCUT2D eigenvalue weighted by atomic mass is 19.2. The number of hydrogen-bond acceptors (Lipinski definition) is 0. The van der Waals surface area contributed by atoms with Crippen molar-refractivity contribution >= 4 is 10.8 Å². The van der Waals surface area contributed by atoms with Gasteiger partial charge in [-0.3, -0.25) is 0 Å². The SMILES string of the molecule is CCc1cc(F)c(C2CCC(C#Cc3ccc4c(F)c(F)c(F)cc4c3)CC2)c(F)c1. The van der Waals surface area contributed by atoms with Gasteiger partial charge in [-0.15, -0.1) is 0 Å². The van der Waals surface area contributed by atoms with Gasteiger partial charge in [0, 0.05) is 22.4 Å². The van der Waals surface area contributed by atoms with Crippen molar-refractivity contribution in [3.05, 3.63) is 82.2 Å². The van der Waals surface area contributed by atoms with Crippen LogP contribution in [-0.4, -0.2) is 0 Å². The van der Waals surface area contributed by atoms with E-state index < -0.39 is 29.1 Å². The standard InChI is InChI=1S/C26H21F5/c1-2-15-12-21(27)24(22(28)13-15)18-8-5-16(6-9-18)3-4-17-7-10-20-19(11-17)14-23(29)26(31)25(20)30/h7,10-14,16,18H,2,5-6,8-9H2,1H3. The summed E-state index contributed by atoms with van der Waals surface area (Å²) in [5.74, 6) is 1.22. The molecule has 5 heteroatoms. The molecular weight excluding hydrogens is 407 g/mol. The van der Waals surface area contributed by atoms with Crippen molar-refractivity contribution in [2.75, 3.05) is 0 Å². The summed E-state index contributed by atoms with van der Waals surface area (Å²) in [5, 5.41) is 0.247. The molecule has 3 aromatic rings. The molecule has 0 radical (unpaired) electrons. The van der Waals surface area contributed by atoms with Crippen LogP contribution >= 0.6 is 0 Å². The van der Waals surface area contributed by atoms with Gasteiger partial charge in [0.25, 0.3) is 0 Å². The molecule has 0 saturated heterocycles. The molecule has 1 aliphatic carbocycles. The summed E-state index contributed by atoms with van der Waals surface area (Å²) in [6.07, 6.45) is 3.31. The van der Waals surface area contributed by atoms with Crippen LogP contribution in [0.5, 0.6) is 0 Å². The number of rotatable bonds is 2. The maximum absolute atomic E-state index is 14.4. The molecule has 31 heavy (non-hydrogen) atoms. The molecule has 0 amide bonds. The van der Waals surface area contributed by atoms with Crippen molar-refractivity contribution < 1.29 is 22.0 Å². The van der Waals surface area contributed by atoms with Crippen LogP contribution in [0.3, 0.4) is 0 Å². The molecule has 1 aliphatic rings. The summed E-state index contributed by atoms with van der Waals surface area (Å²) >= 11 is 0. The van der Waals surface area contributed by atoms with Crippen molar-refractivity contribution in [2.24, 2.45) is 5.92 Å². The number of halogens is 5. The second kappa shape index (κ2) is 8.70. The van der Waals surface area contributed by atoms with E-state index in [1.165, 1.54) is 24.3 Å². The summed E-state index contributed by atoms with van der Waals surface area (Å²) < 4.78 is 69.5. The molecule has 0 atom stereocenters. The number of fused-ring (bicyclic) bond motifs is 1. The Balaban J connectivity index is 1.47. The second-order valence-corrected chi connectivity index (χ2v) is 8.07. The first-order chi connectivity index (χ1) is 14.9. The lowest BCUT2D eigenvalue weighted by Gasteiger charge is -2.26. The Bertz CT molecular complexity index is 1170. The van der Waals surface area contributed by atoms with Crippen LogP contribution in [0.2, 0.25) is 0 Å². The van der Waals surface area contributed by atoms with Crippen molar-refractivity contribution in [3.63, 3.8) is 0 Å². The monoisotopic (exact) mass is 428 g/mol. The molecule has 4 rings (SSSR count). The quantitative estimate of drug-likeness (QED) is 0.226. The molecule has 0 unspecified atom stereocenters. The van der Waals surface area contributed by atoms with Crippen LogP contribution < -0.4 is 0 Å². The second-order valence-electron chi connectivity index (χ2n) is 8.07. The Morgan fingerprint density at radius 1 is 0.806 bits per heavy atom. The first-order valence-corrected chi connectivity index (χ1v) is 10.4. The highest BCUT2D eigenvalue weighted by Gasteiger charge is 2.26. The summed E-state index contributed by atoms with van der Waals surface area (Å²) in [6.45, 7) is 1.86. The van der Waals surface area contributed by atoms with Gasteiger partial charge in [-0.1, -0.05) is 24.8 Å². The number of aryl methyl sites for hydroxylation is 1. The Hall–Kier alpha value is -2.87. The first-order valence-electron chi connectivity index (χ1n) is 10.4. The highest BCUT2D eigenvalue weighted by molar-refractivity contribution is 5.84. The van der Waals surface area contributed by atoms with E-state index in [-0.39, 0.29) is 28.2 Å². The summed E-state index contributed by atoms with van der Waals surface area (Å²) in [6, 6.07) is 8.28. The van der Waals surface area contributed by atoms with E-state index in [1.54, 1.807) is 6.07 Å². The van der Waals surface area contributed by atoms with Gasteiger partial charge in [0.2, 0.25) is 0 Å². The van der Waals surface area contributed by atoms with E-state index in [0.29, 0.717) is 43.2 Å². The number of benzene rings is 3. The van der Waals surface area contributed by atoms with Gasteiger partial charge in [-0.2, -0.15) is 0 Å². The lowest BCUT2D eigenvalue weighted by molar-refractivity contribution is 0.366. The molecule has 0 aliphatic heterocycles.